The van der Waals surface area contributed by atoms with Crippen LogP contribution in [0.4, 0.5) is 5.69 Å². The van der Waals surface area contributed by atoms with Gasteiger partial charge in [0.25, 0.3) is 5.91 Å². The van der Waals surface area contributed by atoms with Gasteiger partial charge < -0.3 is 15.4 Å². The van der Waals surface area contributed by atoms with E-state index in [-0.39, 0.29) is 5.91 Å². The highest BCUT2D eigenvalue weighted by Gasteiger charge is 2.28. The van der Waals surface area contributed by atoms with Gasteiger partial charge in [-0.05, 0) is 12.1 Å². The maximum Gasteiger partial charge on any atom is 0.254 e. The number of nitrogen functional groups attached to an aromatic ring is 1. The Morgan fingerprint density at radius 3 is 2.86 bits per heavy atom. The predicted octanol–water partition coefficient (Wildman–Crippen LogP) is 0.863. The summed E-state index contributed by atoms with van der Waals surface area (Å²) >= 11 is 0. The molecular weight excluding hydrogens is 180 g/mol. The van der Waals surface area contributed by atoms with E-state index in [0.29, 0.717) is 23.5 Å². The number of carbonyl (C=O) groups is 1. The van der Waals surface area contributed by atoms with Crippen LogP contribution in [0.25, 0.3) is 0 Å². The highest BCUT2D eigenvalue weighted by molar-refractivity contribution is 5.99. The fourth-order valence-corrected chi connectivity index (χ4v) is 1.76. The lowest BCUT2D eigenvalue weighted by atomic mass is 10.1. The van der Waals surface area contributed by atoms with Crippen molar-refractivity contribution in [1.29, 1.82) is 0 Å². The van der Waals surface area contributed by atoms with Gasteiger partial charge in [-0.15, -0.1) is 0 Å². The van der Waals surface area contributed by atoms with E-state index in [1.165, 1.54) is 0 Å². The molecule has 0 spiro atoms. The van der Waals surface area contributed by atoms with Gasteiger partial charge in [0.1, 0.15) is 5.75 Å². The van der Waals surface area contributed by atoms with E-state index in [1.54, 1.807) is 31.2 Å². The lowest BCUT2D eigenvalue weighted by Crippen LogP contribution is -2.17. The Labute approximate surface area is 82.3 Å². The number of nitrogens with two attached hydrogens (primary N) is 1. The third kappa shape index (κ3) is 1.04. The molecule has 2 rings (SSSR count). The minimum Gasteiger partial charge on any atom is -0.494 e. The summed E-state index contributed by atoms with van der Waals surface area (Å²) < 4.78 is 5.18. The highest BCUT2D eigenvalue weighted by atomic mass is 16.5. The molecule has 0 bridgehead atoms. The Morgan fingerprint density at radius 2 is 2.21 bits per heavy atom. The van der Waals surface area contributed by atoms with E-state index in [2.05, 4.69) is 0 Å². The Kier molecular flexibility index (Phi) is 1.84. The third-order valence-corrected chi connectivity index (χ3v) is 2.47. The first-order chi connectivity index (χ1) is 6.65. The van der Waals surface area contributed by atoms with Crippen molar-refractivity contribution < 1.29 is 9.53 Å². The molecule has 1 aliphatic rings. The number of nitrogens with zero attached hydrogens (tertiary/aromatic N) is 1. The van der Waals surface area contributed by atoms with E-state index in [4.69, 9.17) is 10.5 Å². The van der Waals surface area contributed by atoms with Crippen LogP contribution in [0.2, 0.25) is 0 Å². The van der Waals surface area contributed by atoms with Crippen LogP contribution in [-0.2, 0) is 6.54 Å². The molecule has 1 aliphatic heterocycles. The fraction of sp³-hybridized carbons (Fsp3) is 0.300. The molecule has 0 unspecified atom stereocenters. The topological polar surface area (TPSA) is 55.6 Å². The van der Waals surface area contributed by atoms with Gasteiger partial charge in [0.05, 0.1) is 19.3 Å². The average molecular weight is 192 g/mol. The van der Waals surface area contributed by atoms with Crippen LogP contribution in [0.3, 0.4) is 0 Å². The Balaban J connectivity index is 2.62. The molecule has 4 nitrogen and oxygen atoms in total. The Morgan fingerprint density at radius 1 is 1.50 bits per heavy atom. The maximum absolute atomic E-state index is 11.6. The number of anilines is 1. The van der Waals surface area contributed by atoms with E-state index >= 15 is 0 Å². The molecule has 74 valence electrons. The molecule has 1 heterocycles. The zero-order valence-electron chi connectivity index (χ0n) is 8.20. The summed E-state index contributed by atoms with van der Waals surface area (Å²) in [6.07, 6.45) is 0. The van der Waals surface area contributed by atoms with Crippen LogP contribution in [0, 0.1) is 0 Å². The number of amides is 1. The van der Waals surface area contributed by atoms with Gasteiger partial charge in [0, 0.05) is 18.2 Å². The van der Waals surface area contributed by atoms with Crippen LogP contribution < -0.4 is 10.5 Å². The van der Waals surface area contributed by atoms with Crippen LogP contribution >= 0.6 is 0 Å². The van der Waals surface area contributed by atoms with Gasteiger partial charge in [-0.3, -0.25) is 4.79 Å². The lowest BCUT2D eigenvalue weighted by Gasteiger charge is -2.08. The Bertz CT molecular complexity index is 401. The highest BCUT2D eigenvalue weighted by Crippen LogP contribution is 2.34. The van der Waals surface area contributed by atoms with Gasteiger partial charge in [-0.2, -0.15) is 0 Å². The molecule has 0 fully saturated rings. The quantitative estimate of drug-likeness (QED) is 0.671. The first-order valence-electron chi connectivity index (χ1n) is 4.36. The number of ether oxygens (including phenoxy) is 1. The summed E-state index contributed by atoms with van der Waals surface area (Å²) in [6, 6.07) is 3.45. The van der Waals surface area contributed by atoms with Crippen molar-refractivity contribution in [2.75, 3.05) is 19.9 Å². The van der Waals surface area contributed by atoms with Gasteiger partial charge in [-0.1, -0.05) is 0 Å². The van der Waals surface area contributed by atoms with Crippen molar-refractivity contribution in [3.63, 3.8) is 0 Å². The molecule has 0 saturated carbocycles. The smallest absolute Gasteiger partial charge is 0.254 e. The summed E-state index contributed by atoms with van der Waals surface area (Å²) in [5.74, 6) is 0.651. The molecule has 0 aliphatic carbocycles. The maximum atomic E-state index is 11.6. The van der Waals surface area contributed by atoms with E-state index in [1.807, 2.05) is 0 Å². The molecule has 1 aromatic rings. The van der Waals surface area contributed by atoms with Crippen LogP contribution in [0.1, 0.15) is 15.9 Å². The third-order valence-electron chi connectivity index (χ3n) is 2.47. The molecule has 0 saturated heterocycles. The zero-order valence-corrected chi connectivity index (χ0v) is 8.20. The van der Waals surface area contributed by atoms with Crippen LogP contribution in [0.15, 0.2) is 12.1 Å². The number of hydrogen-bond donors (Lipinski definition) is 1. The first kappa shape index (κ1) is 8.87. The average Bonchev–Trinajstić information content (AvgIpc) is 2.43. The summed E-state index contributed by atoms with van der Waals surface area (Å²) in [4.78, 5) is 13.3. The van der Waals surface area contributed by atoms with Crippen LogP contribution in [-0.4, -0.2) is 25.0 Å². The molecule has 0 radical (unpaired) electrons. The minimum atomic E-state index is 0.0262. The number of benzene rings is 1. The number of fused-ring (bicyclic) bond motifs is 1. The summed E-state index contributed by atoms with van der Waals surface area (Å²) in [6.45, 7) is 0.572. The number of methoxy groups -OCH3 is 1. The van der Waals surface area contributed by atoms with Gasteiger partial charge in [0.2, 0.25) is 0 Å². The Hall–Kier alpha value is -1.71. The molecule has 1 amide bonds. The molecular formula is C10H12N2O2. The van der Waals surface area contributed by atoms with Crippen molar-refractivity contribution in [2.45, 2.75) is 6.54 Å². The number of rotatable bonds is 1. The summed E-state index contributed by atoms with van der Waals surface area (Å²) in [7, 11) is 3.33. The summed E-state index contributed by atoms with van der Waals surface area (Å²) in [5, 5.41) is 0. The summed E-state index contributed by atoms with van der Waals surface area (Å²) in [5.41, 5.74) is 7.90. The normalized spacial score (nSPS) is 14.4. The van der Waals surface area contributed by atoms with Crippen molar-refractivity contribution in [3.8, 4) is 5.75 Å². The second-order valence-corrected chi connectivity index (χ2v) is 3.38. The molecule has 14 heavy (non-hydrogen) atoms. The SMILES string of the molecule is COc1c(N)ccc2c1CN(C)C2=O. The zero-order chi connectivity index (χ0) is 10.3. The van der Waals surface area contributed by atoms with Crippen molar-refractivity contribution >= 4 is 11.6 Å². The monoisotopic (exact) mass is 192 g/mol. The second-order valence-electron chi connectivity index (χ2n) is 3.38. The number of carbonyl (C=O) groups excluding carboxylic acids is 1. The van der Waals surface area contributed by atoms with E-state index in [9.17, 15) is 4.79 Å². The van der Waals surface area contributed by atoms with Crippen molar-refractivity contribution in [1.82, 2.24) is 4.90 Å². The second kappa shape index (κ2) is 2.90. The predicted molar refractivity (Wildman–Crippen MR) is 53.2 cm³/mol. The molecule has 0 aromatic heterocycles. The standard InChI is InChI=1S/C10H12N2O2/c1-12-5-7-6(10(12)13)3-4-8(11)9(7)14-2/h3-4H,5,11H2,1-2H3. The van der Waals surface area contributed by atoms with Gasteiger partial charge in [0.15, 0.2) is 0 Å². The molecule has 4 heteroatoms. The van der Waals surface area contributed by atoms with Gasteiger partial charge in [-0.25, -0.2) is 0 Å². The van der Waals surface area contributed by atoms with E-state index in [0.717, 1.165) is 5.56 Å². The van der Waals surface area contributed by atoms with Crippen molar-refractivity contribution in [3.05, 3.63) is 23.3 Å². The fourth-order valence-electron chi connectivity index (χ4n) is 1.76. The molecule has 2 N–H and O–H groups in total. The minimum absolute atomic E-state index is 0.0262. The lowest BCUT2D eigenvalue weighted by molar-refractivity contribution is 0.0816. The van der Waals surface area contributed by atoms with Crippen molar-refractivity contribution in [2.24, 2.45) is 0 Å². The van der Waals surface area contributed by atoms with Gasteiger partial charge >= 0.3 is 0 Å². The van der Waals surface area contributed by atoms with E-state index < -0.39 is 0 Å². The number of hydrogen-bond acceptors (Lipinski definition) is 3. The van der Waals surface area contributed by atoms with Crippen LogP contribution in [0.5, 0.6) is 5.75 Å². The molecule has 0 atom stereocenters. The first-order valence-corrected chi connectivity index (χ1v) is 4.36. The largest absolute Gasteiger partial charge is 0.494 e. The molecule has 1 aromatic carbocycles.